The third-order valence-electron chi connectivity index (χ3n) is 3.17. The second-order valence-corrected chi connectivity index (χ2v) is 9.76. The molecular weight excluding hydrogens is 473 g/mol. The highest BCUT2D eigenvalue weighted by Gasteiger charge is 2.46. The number of aromatic nitrogens is 3. The number of nitrogens with two attached hydrogens (primary N) is 1. The van der Waals surface area contributed by atoms with Crippen LogP contribution in [0.5, 0.6) is 0 Å². The Balaban J connectivity index is 2.05. The molecule has 1 aromatic heterocycles. The molecular formula is C8H15N4O14P3. The van der Waals surface area contributed by atoms with E-state index >= 15 is 0 Å². The van der Waals surface area contributed by atoms with Crippen molar-refractivity contribution in [2.75, 3.05) is 12.3 Å². The molecule has 21 heteroatoms. The fourth-order valence-corrected chi connectivity index (χ4v) is 5.13. The maximum atomic E-state index is 11.8. The fraction of sp³-hybridized carbons (Fsp3) is 0.625. The van der Waals surface area contributed by atoms with Gasteiger partial charge in [-0.1, -0.05) is 0 Å². The van der Waals surface area contributed by atoms with E-state index in [0.29, 0.717) is 4.57 Å². The Bertz CT molecular complexity index is 947. The fourth-order valence-electron chi connectivity index (χ4n) is 2.10. The Labute approximate surface area is 159 Å². The van der Waals surface area contributed by atoms with E-state index in [2.05, 4.69) is 23.1 Å². The number of hydrogen-bond acceptors (Lipinski definition) is 13. The van der Waals surface area contributed by atoms with Crippen LogP contribution in [0.4, 0.5) is 5.95 Å². The molecule has 0 aliphatic carbocycles. The van der Waals surface area contributed by atoms with Crippen molar-refractivity contribution >= 4 is 29.4 Å². The summed E-state index contributed by atoms with van der Waals surface area (Å²) in [5.74, 6) is -0.372. The molecule has 1 saturated heterocycles. The normalized spacial score (nSPS) is 29.3. The molecule has 0 radical (unpaired) electrons. The molecule has 0 amide bonds. The highest BCUT2D eigenvalue weighted by atomic mass is 31.3. The minimum Gasteiger partial charge on any atom is -0.387 e. The molecule has 6 unspecified atom stereocenters. The van der Waals surface area contributed by atoms with E-state index in [1.54, 1.807) is 0 Å². The van der Waals surface area contributed by atoms with Crippen LogP contribution in [0.25, 0.3) is 0 Å². The van der Waals surface area contributed by atoms with Gasteiger partial charge in [0.15, 0.2) is 6.23 Å². The lowest BCUT2D eigenvalue weighted by atomic mass is 10.1. The van der Waals surface area contributed by atoms with Crippen molar-refractivity contribution in [3.8, 4) is 0 Å². The van der Waals surface area contributed by atoms with Crippen molar-refractivity contribution in [1.82, 2.24) is 14.5 Å². The van der Waals surface area contributed by atoms with Crippen molar-refractivity contribution in [3.05, 3.63) is 16.8 Å². The van der Waals surface area contributed by atoms with E-state index in [1.165, 1.54) is 0 Å². The van der Waals surface area contributed by atoms with Gasteiger partial charge in [0.05, 0.1) is 6.61 Å². The number of rotatable bonds is 8. The van der Waals surface area contributed by atoms with E-state index in [-0.39, 0.29) is 5.95 Å². The van der Waals surface area contributed by atoms with Crippen molar-refractivity contribution in [3.63, 3.8) is 0 Å². The van der Waals surface area contributed by atoms with E-state index in [9.17, 15) is 33.6 Å². The minimum absolute atomic E-state index is 0.372. The van der Waals surface area contributed by atoms with Gasteiger partial charge in [0, 0.05) is 0 Å². The summed E-state index contributed by atoms with van der Waals surface area (Å²) in [4.78, 5) is 53.8. The van der Waals surface area contributed by atoms with Crippen LogP contribution in [0.3, 0.4) is 0 Å². The molecule has 1 aliphatic heterocycles. The number of hydrogen-bond donors (Lipinski definition) is 7. The molecule has 0 spiro atoms. The van der Waals surface area contributed by atoms with Gasteiger partial charge in [-0.3, -0.25) is 9.09 Å². The number of aliphatic hydroxyl groups excluding tert-OH is 2. The molecule has 29 heavy (non-hydrogen) atoms. The highest BCUT2D eigenvalue weighted by molar-refractivity contribution is 7.66. The van der Waals surface area contributed by atoms with Crippen LogP contribution in [0.2, 0.25) is 0 Å². The van der Waals surface area contributed by atoms with Crippen LogP contribution in [-0.4, -0.2) is 69.2 Å². The Morgan fingerprint density at radius 2 is 1.72 bits per heavy atom. The number of ether oxygens (including phenoxy) is 1. The maximum Gasteiger partial charge on any atom is 0.490 e. The Kier molecular flexibility index (Phi) is 7.14. The predicted molar refractivity (Wildman–Crippen MR) is 86.4 cm³/mol. The molecule has 6 atom stereocenters. The molecule has 18 nitrogen and oxygen atoms in total. The van der Waals surface area contributed by atoms with Crippen molar-refractivity contribution < 1.29 is 61.4 Å². The summed E-state index contributed by atoms with van der Waals surface area (Å²) in [5, 5.41) is 19.9. The van der Waals surface area contributed by atoms with Gasteiger partial charge in [0.2, 0.25) is 5.95 Å². The SMILES string of the molecule is [15NH2]c1[15n]c[15n](C2OC(COP(=O)(O)OP(=O)(O)OP(=O)(O)O)C(O)C2O)c(=O)[15n]1. The number of nitrogen functional groups attached to an aromatic ring is 1. The number of anilines is 1. The lowest BCUT2D eigenvalue weighted by Crippen LogP contribution is -2.36. The molecule has 1 aliphatic rings. The van der Waals surface area contributed by atoms with Crippen LogP contribution in [0.15, 0.2) is 11.1 Å². The summed E-state index contributed by atoms with van der Waals surface area (Å²) in [7, 11) is -16.8. The zero-order chi connectivity index (χ0) is 22.2. The van der Waals surface area contributed by atoms with Gasteiger partial charge in [0.25, 0.3) is 0 Å². The van der Waals surface area contributed by atoms with Crippen LogP contribution < -0.4 is 11.4 Å². The molecule has 0 bridgehead atoms. The van der Waals surface area contributed by atoms with Gasteiger partial charge in [-0.05, 0) is 0 Å². The van der Waals surface area contributed by atoms with E-state index in [4.69, 9.17) is 25.2 Å². The van der Waals surface area contributed by atoms with Gasteiger partial charge in [0.1, 0.15) is 24.6 Å². The second-order valence-electron chi connectivity index (χ2n) is 5.34. The predicted octanol–water partition coefficient (Wildman–Crippen LogP) is -2.82. The number of nitrogens with zero attached hydrogens (tertiary/aromatic N) is 3. The molecule has 2 heterocycles. The first-order valence-electron chi connectivity index (χ1n) is 7.11. The van der Waals surface area contributed by atoms with E-state index in [1.807, 2.05) is 0 Å². The molecule has 2 rings (SSSR count). The van der Waals surface area contributed by atoms with Crippen LogP contribution >= 0.6 is 23.5 Å². The number of phosphoric ester groups is 1. The van der Waals surface area contributed by atoms with Crippen molar-refractivity contribution in [2.24, 2.45) is 0 Å². The van der Waals surface area contributed by atoms with Gasteiger partial charge in [-0.15, -0.1) is 0 Å². The van der Waals surface area contributed by atoms with Gasteiger partial charge >= 0.3 is 29.2 Å². The van der Waals surface area contributed by atoms with Gasteiger partial charge in [-0.2, -0.15) is 13.6 Å². The Hall–Kier alpha value is -1.10. The van der Waals surface area contributed by atoms with E-state index < -0.39 is 60.3 Å². The third kappa shape index (κ3) is 6.70. The monoisotopic (exact) mass is 488 g/mol. The largest absolute Gasteiger partial charge is 0.490 e. The van der Waals surface area contributed by atoms with Crippen molar-refractivity contribution in [2.45, 2.75) is 24.5 Å². The quantitative estimate of drug-likeness (QED) is 0.143. The van der Waals surface area contributed by atoms with Crippen molar-refractivity contribution in [1.29, 1.82) is 0 Å². The number of phosphoric acid groups is 3. The third-order valence-corrected chi connectivity index (χ3v) is 6.98. The molecule has 8 N–H and O–H groups in total. The number of aliphatic hydroxyl groups is 2. The van der Waals surface area contributed by atoms with Crippen LogP contribution in [-0.2, 0) is 31.6 Å². The summed E-state index contributed by atoms with van der Waals surface area (Å²) in [6, 6.07) is 0. The minimum atomic E-state index is -5.72. The topological polar surface area (TPSA) is 283 Å². The molecule has 0 aromatic carbocycles. The smallest absolute Gasteiger partial charge is 0.387 e. The molecule has 1 aromatic rings. The van der Waals surface area contributed by atoms with Crippen LogP contribution in [0.1, 0.15) is 6.23 Å². The van der Waals surface area contributed by atoms with E-state index in [0.717, 1.165) is 6.33 Å². The summed E-state index contributed by atoms with van der Waals surface area (Å²) in [6.07, 6.45) is -5.79. The zero-order valence-corrected chi connectivity index (χ0v) is 16.5. The molecule has 1 fully saturated rings. The first-order valence-corrected chi connectivity index (χ1v) is 11.6. The summed E-state index contributed by atoms with van der Waals surface area (Å²) in [6.45, 7) is -1.04. The first-order chi connectivity index (χ1) is 13.1. The highest BCUT2D eigenvalue weighted by Crippen LogP contribution is 2.66. The Morgan fingerprint density at radius 1 is 1.10 bits per heavy atom. The van der Waals surface area contributed by atoms with Gasteiger partial charge in [-0.25, -0.2) is 23.5 Å². The standard InChI is InChI=1S/C8H15N4O14P3/c9-7-10-2-12(8(15)11-7)6-5(14)4(13)3(24-6)1-23-28(19,20)26-29(21,22)25-27(16,17)18/h2-6,13-14H,1H2,(H,19,20)(H,21,22)(H2,9,11,15)(H2,16,17,18)/i9+1,10+1,11+1,12+1. The van der Waals surface area contributed by atoms with Crippen LogP contribution in [0, 0.1) is 0 Å². The average molecular weight is 488 g/mol. The molecule has 0 saturated carbocycles. The summed E-state index contributed by atoms with van der Waals surface area (Å²) >= 11 is 0. The summed E-state index contributed by atoms with van der Waals surface area (Å²) < 4.78 is 50.6. The molecule has 166 valence electrons. The first kappa shape index (κ1) is 24.2. The second kappa shape index (κ2) is 8.56. The zero-order valence-electron chi connectivity index (χ0n) is 13.8. The maximum absolute atomic E-state index is 11.8. The Morgan fingerprint density at radius 3 is 2.28 bits per heavy atom. The lowest BCUT2D eigenvalue weighted by Gasteiger charge is -2.19. The summed E-state index contributed by atoms with van der Waals surface area (Å²) in [5.41, 5.74) is 4.22. The average Bonchev–Trinajstić information content (AvgIpc) is 2.78. The lowest BCUT2D eigenvalue weighted by molar-refractivity contribution is -0.0546. The van der Waals surface area contributed by atoms with Gasteiger partial charge < -0.3 is 40.3 Å².